The maximum Gasteiger partial charge on any atom is 0.188 e. The molecule has 0 saturated heterocycles. The zero-order chi connectivity index (χ0) is 15.8. The quantitative estimate of drug-likeness (QED) is 0.392. The van der Waals surface area contributed by atoms with Crippen molar-refractivity contribution in [3.63, 3.8) is 0 Å². The maximum absolute atomic E-state index is 7.07. The largest absolute Gasteiger partial charge is 0.483 e. The smallest absolute Gasteiger partial charge is 0.188 e. The molecule has 118 valence electrons. The Morgan fingerprint density at radius 1 is 1.09 bits per heavy atom. The molecule has 0 spiro atoms. The van der Waals surface area contributed by atoms with E-state index < -0.39 is 0 Å². The number of fused-ring (bicyclic) bond motifs is 1. The summed E-state index contributed by atoms with van der Waals surface area (Å²) in [6.07, 6.45) is 14.6. The zero-order valence-electron chi connectivity index (χ0n) is 13.9. The Balaban J connectivity index is 1.80. The van der Waals surface area contributed by atoms with Gasteiger partial charge in [0, 0.05) is 5.56 Å². The number of benzene rings is 1. The summed E-state index contributed by atoms with van der Waals surface area (Å²) in [6.45, 7) is 11.5. The van der Waals surface area contributed by atoms with E-state index in [4.69, 9.17) is 11.3 Å². The molecule has 1 heterocycles. The van der Waals surface area contributed by atoms with Gasteiger partial charge in [-0.3, -0.25) is 0 Å². The minimum absolute atomic E-state index is 0.198. The van der Waals surface area contributed by atoms with Gasteiger partial charge in [0.25, 0.3) is 0 Å². The molecule has 2 rings (SSSR count). The molecule has 0 fully saturated rings. The molecule has 0 amide bonds. The van der Waals surface area contributed by atoms with E-state index in [2.05, 4.69) is 30.8 Å². The lowest BCUT2D eigenvalue weighted by Gasteiger charge is -2.32. The molecule has 0 radical (unpaired) electrons. The van der Waals surface area contributed by atoms with Crippen molar-refractivity contribution in [2.45, 2.75) is 70.8 Å². The number of hydrogen-bond acceptors (Lipinski definition) is 1. The second-order valence-electron chi connectivity index (χ2n) is 6.45. The van der Waals surface area contributed by atoms with Crippen molar-refractivity contribution in [1.29, 1.82) is 0 Å². The van der Waals surface area contributed by atoms with Crippen molar-refractivity contribution in [1.82, 2.24) is 0 Å². The van der Waals surface area contributed by atoms with Crippen LogP contribution in [0.25, 0.3) is 10.9 Å². The van der Waals surface area contributed by atoms with Crippen LogP contribution in [-0.4, -0.2) is 5.60 Å². The van der Waals surface area contributed by atoms with Gasteiger partial charge in [-0.2, -0.15) is 0 Å². The van der Waals surface area contributed by atoms with Gasteiger partial charge < -0.3 is 4.74 Å². The van der Waals surface area contributed by atoms with Crippen molar-refractivity contribution in [3.8, 4) is 5.75 Å². The Bertz CT molecular complexity index is 555. The van der Waals surface area contributed by atoms with Crippen LogP contribution in [0.15, 0.2) is 24.3 Å². The monoisotopic (exact) mass is 297 g/mol. The highest BCUT2D eigenvalue weighted by atomic mass is 16.5. The summed E-state index contributed by atoms with van der Waals surface area (Å²) in [4.78, 5) is 3.47. The Labute approximate surface area is 135 Å². The summed E-state index contributed by atoms with van der Waals surface area (Å²) in [7, 11) is 0. The van der Waals surface area contributed by atoms with Crippen LogP contribution in [0.5, 0.6) is 5.75 Å². The highest BCUT2D eigenvalue weighted by molar-refractivity contribution is 5.66. The van der Waals surface area contributed by atoms with E-state index in [9.17, 15) is 0 Å². The van der Waals surface area contributed by atoms with Crippen LogP contribution in [-0.2, 0) is 0 Å². The molecule has 1 unspecified atom stereocenters. The fourth-order valence-corrected chi connectivity index (χ4v) is 2.95. The number of ether oxygens (including phenoxy) is 1. The lowest BCUT2D eigenvalue weighted by atomic mass is 9.93. The number of nitrogens with zero attached hydrogens (tertiary/aromatic N) is 1. The lowest BCUT2D eigenvalue weighted by Crippen LogP contribution is -2.31. The molecular weight excluding hydrogens is 270 g/mol. The van der Waals surface area contributed by atoms with E-state index in [1.165, 1.54) is 44.9 Å². The van der Waals surface area contributed by atoms with Gasteiger partial charge in [-0.25, -0.2) is 4.85 Å². The topological polar surface area (TPSA) is 13.6 Å². The maximum atomic E-state index is 7.07. The SMILES string of the molecule is [C-]#[N+]c1ccc2c(c1)C=CC(C)(CCCCCCCCC)O2. The first-order valence-corrected chi connectivity index (χ1v) is 8.56. The highest BCUT2D eigenvalue weighted by Gasteiger charge is 2.26. The third kappa shape index (κ3) is 4.63. The van der Waals surface area contributed by atoms with E-state index in [0.717, 1.165) is 17.7 Å². The van der Waals surface area contributed by atoms with E-state index >= 15 is 0 Å². The predicted molar refractivity (Wildman–Crippen MR) is 93.4 cm³/mol. The van der Waals surface area contributed by atoms with Crippen LogP contribution in [0.3, 0.4) is 0 Å². The minimum atomic E-state index is -0.198. The molecule has 1 aliphatic heterocycles. The highest BCUT2D eigenvalue weighted by Crippen LogP contribution is 2.35. The van der Waals surface area contributed by atoms with Crippen LogP contribution in [0, 0.1) is 6.57 Å². The molecule has 2 heteroatoms. The Morgan fingerprint density at radius 3 is 2.55 bits per heavy atom. The second-order valence-corrected chi connectivity index (χ2v) is 6.45. The molecule has 2 nitrogen and oxygen atoms in total. The van der Waals surface area contributed by atoms with Crippen LogP contribution in [0.2, 0.25) is 0 Å². The summed E-state index contributed by atoms with van der Waals surface area (Å²) >= 11 is 0. The summed E-state index contributed by atoms with van der Waals surface area (Å²) in [5.74, 6) is 0.903. The summed E-state index contributed by atoms with van der Waals surface area (Å²) in [5.41, 5.74) is 1.49. The Hall–Kier alpha value is -1.75. The van der Waals surface area contributed by atoms with E-state index in [-0.39, 0.29) is 5.60 Å². The van der Waals surface area contributed by atoms with E-state index in [1.54, 1.807) is 0 Å². The zero-order valence-corrected chi connectivity index (χ0v) is 13.9. The van der Waals surface area contributed by atoms with Gasteiger partial charge in [0.05, 0.1) is 6.57 Å². The van der Waals surface area contributed by atoms with Gasteiger partial charge in [0.15, 0.2) is 5.69 Å². The summed E-state index contributed by atoms with van der Waals surface area (Å²) < 4.78 is 6.17. The van der Waals surface area contributed by atoms with Crippen molar-refractivity contribution >= 4 is 11.8 Å². The molecule has 1 aromatic rings. The van der Waals surface area contributed by atoms with Crippen molar-refractivity contribution < 1.29 is 4.74 Å². The molecule has 0 aliphatic carbocycles. The molecule has 0 aromatic heterocycles. The predicted octanol–water partition coefficient (Wildman–Crippen LogP) is 6.54. The third-order valence-electron chi connectivity index (χ3n) is 4.36. The standard InChI is InChI=1S/C20H27NO/c1-4-5-6-7-8-9-10-14-20(2)15-13-17-16-18(21-3)11-12-19(17)22-20/h11-13,15-16H,4-10,14H2,1-2H3. The molecule has 1 aromatic carbocycles. The van der Waals surface area contributed by atoms with Gasteiger partial charge in [0.1, 0.15) is 11.4 Å². The number of rotatable bonds is 8. The van der Waals surface area contributed by atoms with Gasteiger partial charge in [-0.05, 0) is 38.0 Å². The number of unbranched alkanes of at least 4 members (excludes halogenated alkanes) is 6. The Morgan fingerprint density at radius 2 is 1.82 bits per heavy atom. The first-order chi connectivity index (χ1) is 10.7. The molecule has 0 bridgehead atoms. The van der Waals surface area contributed by atoms with Crippen molar-refractivity contribution in [2.24, 2.45) is 0 Å². The average Bonchev–Trinajstić information content (AvgIpc) is 2.53. The molecule has 22 heavy (non-hydrogen) atoms. The second kappa shape index (κ2) is 8.03. The third-order valence-corrected chi connectivity index (χ3v) is 4.36. The number of hydrogen-bond donors (Lipinski definition) is 0. The fourth-order valence-electron chi connectivity index (χ4n) is 2.95. The first-order valence-electron chi connectivity index (χ1n) is 8.56. The van der Waals surface area contributed by atoms with Crippen LogP contribution in [0.1, 0.15) is 70.8 Å². The molecule has 1 aliphatic rings. The van der Waals surface area contributed by atoms with Crippen molar-refractivity contribution in [3.05, 3.63) is 41.3 Å². The first kappa shape index (κ1) is 16.6. The molecule has 1 atom stereocenters. The van der Waals surface area contributed by atoms with Crippen LogP contribution >= 0.6 is 0 Å². The minimum Gasteiger partial charge on any atom is -0.483 e. The van der Waals surface area contributed by atoms with Crippen molar-refractivity contribution in [2.75, 3.05) is 0 Å². The molecular formula is C20H27NO. The fraction of sp³-hybridized carbons (Fsp3) is 0.550. The normalized spacial score (nSPS) is 19.3. The average molecular weight is 297 g/mol. The van der Waals surface area contributed by atoms with E-state index in [1.807, 2.05) is 18.2 Å². The summed E-state index contributed by atoms with van der Waals surface area (Å²) in [6, 6.07) is 5.65. The van der Waals surface area contributed by atoms with Gasteiger partial charge in [0.2, 0.25) is 0 Å². The van der Waals surface area contributed by atoms with Gasteiger partial charge >= 0.3 is 0 Å². The molecule has 0 N–H and O–H groups in total. The van der Waals surface area contributed by atoms with Gasteiger partial charge in [-0.15, -0.1) is 0 Å². The summed E-state index contributed by atoms with van der Waals surface area (Å²) in [5, 5.41) is 0. The van der Waals surface area contributed by atoms with E-state index in [0.29, 0.717) is 5.69 Å². The molecule has 0 saturated carbocycles. The van der Waals surface area contributed by atoms with Crippen LogP contribution < -0.4 is 4.74 Å². The van der Waals surface area contributed by atoms with Gasteiger partial charge in [-0.1, -0.05) is 57.6 Å². The Kier molecular flexibility index (Phi) is 6.07. The lowest BCUT2D eigenvalue weighted by molar-refractivity contribution is 0.124. The van der Waals surface area contributed by atoms with Crippen LogP contribution in [0.4, 0.5) is 5.69 Å².